The number of rotatable bonds is 9. The lowest BCUT2D eigenvalue weighted by molar-refractivity contribution is -0.119. The Kier molecular flexibility index (Phi) is 9.88. The first-order valence-corrected chi connectivity index (χ1v) is 16.7. The van der Waals surface area contributed by atoms with Crippen molar-refractivity contribution < 1.29 is 28.6 Å². The molecular formula is C36H37ClN6O8. The third-order valence-electron chi connectivity index (χ3n) is 9.13. The molecule has 15 heteroatoms. The molecule has 2 aliphatic heterocycles. The Balaban J connectivity index is 1.33. The van der Waals surface area contributed by atoms with Crippen molar-refractivity contribution in [2.75, 3.05) is 32.2 Å². The average Bonchev–Trinajstić information content (AvgIpc) is 3.74. The lowest BCUT2D eigenvalue weighted by Crippen LogP contribution is -2.44. The van der Waals surface area contributed by atoms with Gasteiger partial charge >= 0.3 is 11.8 Å². The summed E-state index contributed by atoms with van der Waals surface area (Å²) in [4.78, 5) is 69.4. The third-order valence-corrected chi connectivity index (χ3v) is 9.53. The van der Waals surface area contributed by atoms with Crippen LogP contribution in [0.1, 0.15) is 47.3 Å². The van der Waals surface area contributed by atoms with E-state index in [4.69, 9.17) is 30.8 Å². The average molecular weight is 717 g/mol. The summed E-state index contributed by atoms with van der Waals surface area (Å²) in [5.41, 5.74) is 2.74. The van der Waals surface area contributed by atoms with Crippen LogP contribution in [0, 0.1) is 6.92 Å². The number of anilines is 1. The van der Waals surface area contributed by atoms with Gasteiger partial charge in [-0.25, -0.2) is 14.6 Å². The number of methoxy groups -OCH3 is 1. The first-order valence-electron chi connectivity index (χ1n) is 16.3. The van der Waals surface area contributed by atoms with Crippen LogP contribution in [-0.2, 0) is 23.6 Å². The highest BCUT2D eigenvalue weighted by molar-refractivity contribution is 6.36. The van der Waals surface area contributed by atoms with Gasteiger partial charge in [0, 0.05) is 62.2 Å². The highest BCUT2D eigenvalue weighted by Crippen LogP contribution is 2.46. The minimum absolute atomic E-state index is 0.0602. The van der Waals surface area contributed by atoms with E-state index in [1.54, 1.807) is 30.0 Å². The molecule has 2 aromatic carbocycles. The van der Waals surface area contributed by atoms with Gasteiger partial charge in [-0.3, -0.25) is 23.9 Å². The molecule has 51 heavy (non-hydrogen) atoms. The van der Waals surface area contributed by atoms with E-state index in [1.807, 2.05) is 31.2 Å². The van der Waals surface area contributed by atoms with Crippen molar-refractivity contribution in [1.29, 1.82) is 0 Å². The fourth-order valence-corrected chi connectivity index (χ4v) is 6.79. The number of ether oxygens (including phenoxy) is 3. The summed E-state index contributed by atoms with van der Waals surface area (Å²) in [6.45, 7) is 4.10. The van der Waals surface area contributed by atoms with Crippen molar-refractivity contribution in [3.8, 4) is 34.0 Å². The molecule has 1 fully saturated rings. The number of hydrogen-bond acceptors (Lipinski definition) is 9. The van der Waals surface area contributed by atoms with E-state index in [0.29, 0.717) is 57.2 Å². The second kappa shape index (κ2) is 14.3. The number of aryl methyl sites for hydroxylation is 1. The van der Waals surface area contributed by atoms with Crippen molar-refractivity contribution in [3.05, 3.63) is 91.2 Å². The molecule has 2 atom stereocenters. The van der Waals surface area contributed by atoms with E-state index in [0.717, 1.165) is 10.1 Å². The Hall–Kier alpha value is -5.63. The second-order valence-electron chi connectivity index (χ2n) is 12.3. The highest BCUT2D eigenvalue weighted by atomic mass is 35.5. The number of halogens is 1. The van der Waals surface area contributed by atoms with Crippen LogP contribution in [0.3, 0.4) is 0 Å². The molecule has 14 nitrogen and oxygen atoms in total. The van der Waals surface area contributed by atoms with E-state index in [1.165, 1.54) is 32.0 Å². The first kappa shape index (κ1) is 35.2. The van der Waals surface area contributed by atoms with Crippen LogP contribution in [0.4, 0.5) is 10.5 Å². The van der Waals surface area contributed by atoms with E-state index >= 15 is 0 Å². The molecule has 266 valence electrons. The Labute approximate surface area is 297 Å². The van der Waals surface area contributed by atoms with Crippen molar-refractivity contribution in [2.24, 2.45) is 14.1 Å². The zero-order valence-corrected chi connectivity index (χ0v) is 29.5. The zero-order chi connectivity index (χ0) is 36.6. The van der Waals surface area contributed by atoms with E-state index in [2.05, 4.69) is 10.6 Å². The molecule has 2 N–H and O–H groups in total. The Bertz CT molecular complexity index is 2180. The van der Waals surface area contributed by atoms with Gasteiger partial charge in [-0.1, -0.05) is 41.9 Å². The largest absolute Gasteiger partial charge is 0.490 e. The highest BCUT2D eigenvalue weighted by Gasteiger charge is 2.39. The standard InChI is InChI=1S/C36H37ClN6O8/c1-6-50-36(48)43(16-20-13-14-29(44)38-20)27-18-51-28-15-26(40-33(49-5)30(27)28)23-11-7-10-22(31(23)37)21-9-8-12-25(19(21)2)39-32(45)24-17-41(3)35(47)42(4)34(24)46/h7-12,15,17,20,27H,6,13-14,16,18H2,1-5H3,(H,38,44)(H,39,45)/t20-,27+/m0/s1. The molecule has 4 aromatic rings. The van der Waals surface area contributed by atoms with Gasteiger partial charge in [0.1, 0.15) is 24.0 Å². The summed E-state index contributed by atoms with van der Waals surface area (Å²) < 4.78 is 19.3. The van der Waals surface area contributed by atoms with Crippen LogP contribution in [0.25, 0.3) is 22.4 Å². The van der Waals surface area contributed by atoms with Gasteiger partial charge < -0.3 is 29.4 Å². The van der Waals surface area contributed by atoms with Crippen LogP contribution < -0.4 is 31.4 Å². The molecule has 1 saturated heterocycles. The maximum absolute atomic E-state index is 13.2. The quantitative estimate of drug-likeness (QED) is 0.258. The van der Waals surface area contributed by atoms with Crippen molar-refractivity contribution in [2.45, 2.75) is 38.8 Å². The number of fused-ring (bicyclic) bond motifs is 1. The monoisotopic (exact) mass is 716 g/mol. The van der Waals surface area contributed by atoms with Gasteiger partial charge in [0.05, 0.1) is 30.0 Å². The SMILES string of the molecule is CCOC(=O)N(C[C@@H]1CCC(=O)N1)[C@@H]1COc2cc(-c3cccc(-c4cccc(NC(=O)c5cn(C)c(=O)n(C)c5=O)c4C)c3Cl)nc(OC)c21. The summed E-state index contributed by atoms with van der Waals surface area (Å²) in [6, 6.07) is 11.8. The molecule has 0 radical (unpaired) electrons. The lowest BCUT2D eigenvalue weighted by Gasteiger charge is -2.30. The Morgan fingerprint density at radius 1 is 1.12 bits per heavy atom. The summed E-state index contributed by atoms with van der Waals surface area (Å²) in [5, 5.41) is 6.09. The van der Waals surface area contributed by atoms with E-state index < -0.39 is 29.3 Å². The number of nitrogens with zero attached hydrogens (tertiary/aromatic N) is 4. The maximum atomic E-state index is 13.2. The van der Waals surface area contributed by atoms with Crippen LogP contribution in [0.5, 0.6) is 11.6 Å². The molecule has 0 bridgehead atoms. The first-order chi connectivity index (χ1) is 24.4. The van der Waals surface area contributed by atoms with Crippen molar-refractivity contribution in [3.63, 3.8) is 0 Å². The maximum Gasteiger partial charge on any atom is 0.410 e. The van der Waals surface area contributed by atoms with E-state index in [-0.39, 0.29) is 43.2 Å². The molecule has 0 aliphatic carbocycles. The molecule has 0 saturated carbocycles. The minimum atomic E-state index is -0.705. The summed E-state index contributed by atoms with van der Waals surface area (Å²) in [6.07, 6.45) is 1.67. The van der Waals surface area contributed by atoms with Crippen LogP contribution in [0.2, 0.25) is 5.02 Å². The normalized spacial score (nSPS) is 16.2. The number of carbonyl (C=O) groups excluding carboxylic acids is 3. The number of pyridine rings is 1. The van der Waals surface area contributed by atoms with Gasteiger partial charge in [-0.2, -0.15) is 0 Å². The van der Waals surface area contributed by atoms with Gasteiger partial charge in [-0.05, 0) is 37.5 Å². The Morgan fingerprint density at radius 2 is 1.84 bits per heavy atom. The molecule has 2 aromatic heterocycles. The zero-order valence-electron chi connectivity index (χ0n) is 28.7. The predicted octanol–water partition coefficient (Wildman–Crippen LogP) is 4.21. The van der Waals surface area contributed by atoms with Crippen LogP contribution >= 0.6 is 11.6 Å². The summed E-state index contributed by atoms with van der Waals surface area (Å²) in [5.74, 6) is 0.00341. The molecule has 2 aliphatic rings. The topological polar surface area (TPSA) is 163 Å². The van der Waals surface area contributed by atoms with Gasteiger partial charge in [0.2, 0.25) is 11.8 Å². The predicted molar refractivity (Wildman–Crippen MR) is 189 cm³/mol. The molecule has 0 unspecified atom stereocenters. The number of carbonyl (C=O) groups is 3. The molecule has 3 amide bonds. The number of hydrogen-bond donors (Lipinski definition) is 2. The number of nitrogens with one attached hydrogen (secondary N) is 2. The minimum Gasteiger partial charge on any atom is -0.490 e. The lowest BCUT2D eigenvalue weighted by atomic mass is 9.96. The van der Waals surface area contributed by atoms with Crippen molar-refractivity contribution >= 4 is 35.2 Å². The second-order valence-corrected chi connectivity index (χ2v) is 12.7. The molecule has 6 rings (SSSR count). The van der Waals surface area contributed by atoms with Crippen molar-refractivity contribution in [1.82, 2.24) is 24.3 Å². The van der Waals surface area contributed by atoms with E-state index in [9.17, 15) is 24.0 Å². The number of aromatic nitrogens is 3. The Morgan fingerprint density at radius 3 is 2.55 bits per heavy atom. The fraction of sp³-hybridized carbons (Fsp3) is 0.333. The summed E-state index contributed by atoms with van der Waals surface area (Å²) in [7, 11) is 4.27. The third kappa shape index (κ3) is 6.66. The smallest absolute Gasteiger partial charge is 0.410 e. The molecule has 4 heterocycles. The molecular weight excluding hydrogens is 680 g/mol. The van der Waals surface area contributed by atoms with Gasteiger partial charge in [-0.15, -0.1) is 0 Å². The van der Waals surface area contributed by atoms with Crippen LogP contribution in [0.15, 0.2) is 58.3 Å². The molecule has 0 spiro atoms. The number of amides is 3. The van der Waals surface area contributed by atoms with Gasteiger partial charge in [0.15, 0.2) is 0 Å². The van der Waals surface area contributed by atoms with Crippen LogP contribution in [-0.4, -0.2) is 69.8 Å². The summed E-state index contributed by atoms with van der Waals surface area (Å²) >= 11 is 7.09. The van der Waals surface area contributed by atoms with Gasteiger partial charge in [0.25, 0.3) is 11.5 Å². The fourth-order valence-electron chi connectivity index (χ4n) is 6.47. The number of benzene rings is 2.